The minimum Gasteiger partial charge on any atom is -0.314 e. The van der Waals surface area contributed by atoms with Crippen molar-refractivity contribution in [1.82, 2.24) is 10.2 Å². The van der Waals surface area contributed by atoms with E-state index in [1.807, 2.05) is 0 Å². The van der Waals surface area contributed by atoms with Gasteiger partial charge in [0.15, 0.2) is 0 Å². The van der Waals surface area contributed by atoms with Gasteiger partial charge in [-0.3, -0.25) is 0 Å². The Hall–Kier alpha value is -0.0800. The van der Waals surface area contributed by atoms with Gasteiger partial charge < -0.3 is 10.2 Å². The molecular weight excluding hydrogens is 220 g/mol. The number of nitrogens with zero attached hydrogens (tertiary/aromatic N) is 1. The third kappa shape index (κ3) is 4.55. The van der Waals surface area contributed by atoms with Crippen LogP contribution >= 0.6 is 0 Å². The lowest BCUT2D eigenvalue weighted by atomic mass is 9.76. The molecule has 0 radical (unpaired) electrons. The van der Waals surface area contributed by atoms with Crippen LogP contribution in [0.2, 0.25) is 0 Å². The van der Waals surface area contributed by atoms with Gasteiger partial charge in [0.2, 0.25) is 0 Å². The van der Waals surface area contributed by atoms with Crippen molar-refractivity contribution in [2.45, 2.75) is 72.4 Å². The van der Waals surface area contributed by atoms with E-state index >= 15 is 0 Å². The Kier molecular flexibility index (Phi) is 7.25. The van der Waals surface area contributed by atoms with Gasteiger partial charge in [0, 0.05) is 18.6 Å². The molecule has 3 atom stereocenters. The molecule has 3 unspecified atom stereocenters. The smallest absolute Gasteiger partial charge is 0.0108 e. The quantitative estimate of drug-likeness (QED) is 0.748. The molecule has 1 fully saturated rings. The summed E-state index contributed by atoms with van der Waals surface area (Å²) in [5.41, 5.74) is 0. The Morgan fingerprint density at radius 2 is 1.89 bits per heavy atom. The number of hydrogen-bond donors (Lipinski definition) is 1. The minimum atomic E-state index is 0.680. The highest BCUT2D eigenvalue weighted by molar-refractivity contribution is 4.86. The number of rotatable bonds is 7. The summed E-state index contributed by atoms with van der Waals surface area (Å²) in [5, 5.41) is 3.72. The molecule has 1 saturated carbocycles. The zero-order valence-electron chi connectivity index (χ0n) is 13.2. The molecule has 2 nitrogen and oxygen atoms in total. The molecule has 1 aliphatic rings. The molecule has 1 N–H and O–H groups in total. The summed E-state index contributed by atoms with van der Waals surface area (Å²) in [6.45, 7) is 15.1. The monoisotopic (exact) mass is 254 g/mol. The fraction of sp³-hybridized carbons (Fsp3) is 1.00. The first-order valence-electron chi connectivity index (χ1n) is 8.09. The van der Waals surface area contributed by atoms with Gasteiger partial charge in [0.05, 0.1) is 0 Å². The van der Waals surface area contributed by atoms with Gasteiger partial charge in [-0.1, -0.05) is 27.2 Å². The van der Waals surface area contributed by atoms with Crippen LogP contribution in [-0.4, -0.2) is 36.6 Å². The fourth-order valence-electron chi connectivity index (χ4n) is 3.47. The first-order valence-corrected chi connectivity index (χ1v) is 8.09. The first kappa shape index (κ1) is 16.0. The van der Waals surface area contributed by atoms with Gasteiger partial charge >= 0.3 is 0 Å². The molecule has 0 aromatic rings. The summed E-state index contributed by atoms with van der Waals surface area (Å²) in [4.78, 5) is 2.63. The van der Waals surface area contributed by atoms with Gasteiger partial charge in [0.1, 0.15) is 0 Å². The van der Waals surface area contributed by atoms with Crippen molar-refractivity contribution in [2.75, 3.05) is 19.6 Å². The molecule has 0 heterocycles. The maximum atomic E-state index is 3.72. The maximum absolute atomic E-state index is 3.72. The second-order valence-electron chi connectivity index (χ2n) is 6.19. The van der Waals surface area contributed by atoms with Crippen LogP contribution in [0.3, 0.4) is 0 Å². The van der Waals surface area contributed by atoms with Crippen molar-refractivity contribution in [2.24, 2.45) is 11.8 Å². The van der Waals surface area contributed by atoms with Gasteiger partial charge in [-0.2, -0.15) is 0 Å². The molecule has 1 rings (SSSR count). The largest absolute Gasteiger partial charge is 0.314 e. The van der Waals surface area contributed by atoms with Crippen LogP contribution in [-0.2, 0) is 0 Å². The van der Waals surface area contributed by atoms with Crippen molar-refractivity contribution in [3.63, 3.8) is 0 Å². The van der Waals surface area contributed by atoms with Gasteiger partial charge in [-0.25, -0.2) is 0 Å². The zero-order valence-corrected chi connectivity index (χ0v) is 13.2. The van der Waals surface area contributed by atoms with Crippen molar-refractivity contribution < 1.29 is 0 Å². The molecule has 1 aliphatic carbocycles. The van der Waals surface area contributed by atoms with Gasteiger partial charge in [0.25, 0.3) is 0 Å². The Morgan fingerprint density at radius 1 is 1.17 bits per heavy atom. The summed E-state index contributed by atoms with van der Waals surface area (Å²) in [5.74, 6) is 1.82. The molecule has 108 valence electrons. The van der Waals surface area contributed by atoms with Crippen molar-refractivity contribution in [1.29, 1.82) is 0 Å². The van der Waals surface area contributed by atoms with E-state index in [1.54, 1.807) is 0 Å². The van der Waals surface area contributed by atoms with E-state index in [1.165, 1.54) is 38.8 Å². The third-order valence-corrected chi connectivity index (χ3v) is 4.74. The summed E-state index contributed by atoms with van der Waals surface area (Å²) in [7, 11) is 0. The normalized spacial score (nSPS) is 29.2. The SMILES string of the molecule is CCNC1CCC(CC)CC1CN(CC)C(C)C. The summed E-state index contributed by atoms with van der Waals surface area (Å²) in [6.07, 6.45) is 5.60. The van der Waals surface area contributed by atoms with Gasteiger partial charge in [-0.05, 0) is 58.0 Å². The van der Waals surface area contributed by atoms with Crippen LogP contribution in [0.1, 0.15) is 60.3 Å². The van der Waals surface area contributed by atoms with E-state index in [0.717, 1.165) is 24.4 Å². The van der Waals surface area contributed by atoms with Crippen LogP contribution < -0.4 is 5.32 Å². The zero-order chi connectivity index (χ0) is 13.5. The molecule has 2 heteroatoms. The van der Waals surface area contributed by atoms with E-state index in [9.17, 15) is 0 Å². The second-order valence-corrected chi connectivity index (χ2v) is 6.19. The third-order valence-electron chi connectivity index (χ3n) is 4.74. The van der Waals surface area contributed by atoms with Crippen molar-refractivity contribution in [3.8, 4) is 0 Å². The van der Waals surface area contributed by atoms with E-state index in [2.05, 4.69) is 44.8 Å². The van der Waals surface area contributed by atoms with Crippen LogP contribution in [0.5, 0.6) is 0 Å². The molecule has 0 spiro atoms. The first-order chi connectivity index (χ1) is 8.62. The lowest BCUT2D eigenvalue weighted by molar-refractivity contribution is 0.123. The number of hydrogen-bond acceptors (Lipinski definition) is 2. The molecule has 0 aliphatic heterocycles. The molecule has 0 amide bonds. The van der Waals surface area contributed by atoms with E-state index in [4.69, 9.17) is 0 Å². The topological polar surface area (TPSA) is 15.3 Å². The lowest BCUT2D eigenvalue weighted by Crippen LogP contribution is -2.47. The predicted molar refractivity (Wildman–Crippen MR) is 81.0 cm³/mol. The van der Waals surface area contributed by atoms with Crippen molar-refractivity contribution in [3.05, 3.63) is 0 Å². The van der Waals surface area contributed by atoms with Crippen molar-refractivity contribution >= 4 is 0 Å². The molecule has 0 aromatic heterocycles. The molecule has 0 saturated heterocycles. The maximum Gasteiger partial charge on any atom is 0.0108 e. The highest BCUT2D eigenvalue weighted by Gasteiger charge is 2.30. The van der Waals surface area contributed by atoms with Crippen LogP contribution in [0.15, 0.2) is 0 Å². The Balaban J connectivity index is 2.59. The number of nitrogens with one attached hydrogen (secondary N) is 1. The average Bonchev–Trinajstić information content (AvgIpc) is 2.37. The highest BCUT2D eigenvalue weighted by atomic mass is 15.1. The Labute approximate surface area is 115 Å². The van der Waals surface area contributed by atoms with Crippen LogP contribution in [0.25, 0.3) is 0 Å². The minimum absolute atomic E-state index is 0.680. The van der Waals surface area contributed by atoms with E-state index in [-0.39, 0.29) is 0 Å². The molecule has 18 heavy (non-hydrogen) atoms. The lowest BCUT2D eigenvalue weighted by Gasteiger charge is -2.40. The summed E-state index contributed by atoms with van der Waals surface area (Å²) >= 11 is 0. The predicted octanol–water partition coefficient (Wildman–Crippen LogP) is 3.52. The Morgan fingerprint density at radius 3 is 2.39 bits per heavy atom. The highest BCUT2D eigenvalue weighted by Crippen LogP contribution is 2.32. The summed E-state index contributed by atoms with van der Waals surface area (Å²) in [6, 6.07) is 1.44. The Bertz CT molecular complexity index is 215. The standard InChI is InChI=1S/C16H34N2/c1-6-14-9-10-16(17-7-2)15(11-14)12-18(8-3)13(4)5/h13-17H,6-12H2,1-5H3. The van der Waals surface area contributed by atoms with Gasteiger partial charge in [-0.15, -0.1) is 0 Å². The van der Waals surface area contributed by atoms with E-state index in [0.29, 0.717) is 6.04 Å². The van der Waals surface area contributed by atoms with E-state index < -0.39 is 0 Å². The molecular formula is C16H34N2. The summed E-state index contributed by atoms with van der Waals surface area (Å²) < 4.78 is 0. The molecule has 0 aromatic carbocycles. The molecule has 0 bridgehead atoms. The second kappa shape index (κ2) is 8.16. The van der Waals surface area contributed by atoms with Crippen LogP contribution in [0.4, 0.5) is 0 Å². The average molecular weight is 254 g/mol. The fourth-order valence-corrected chi connectivity index (χ4v) is 3.47. The van der Waals surface area contributed by atoms with Crippen LogP contribution in [0, 0.1) is 11.8 Å².